The fourth-order valence-electron chi connectivity index (χ4n) is 1.09. The standard InChI is InChI=1S/C12H24OSi/c1-5-6-7-9-12(13)10-8-11-14(2,3)4/h12-13H,5-7,9,11H2,1-4H3. The minimum Gasteiger partial charge on any atom is -0.380 e. The average molecular weight is 212 g/mol. The van der Waals surface area contributed by atoms with Crippen LogP contribution in [0.25, 0.3) is 0 Å². The van der Waals surface area contributed by atoms with Crippen LogP contribution >= 0.6 is 0 Å². The summed E-state index contributed by atoms with van der Waals surface area (Å²) in [7, 11) is -1.05. The molecule has 1 unspecified atom stereocenters. The van der Waals surface area contributed by atoms with Crippen LogP contribution in [0.5, 0.6) is 0 Å². The smallest absolute Gasteiger partial charge is 0.114 e. The van der Waals surface area contributed by atoms with E-state index in [1.807, 2.05) is 0 Å². The summed E-state index contributed by atoms with van der Waals surface area (Å²) < 4.78 is 0. The summed E-state index contributed by atoms with van der Waals surface area (Å²) in [6.45, 7) is 9.06. The maximum absolute atomic E-state index is 9.51. The van der Waals surface area contributed by atoms with Crippen molar-refractivity contribution >= 4 is 8.07 Å². The molecule has 0 rings (SSSR count). The van der Waals surface area contributed by atoms with E-state index >= 15 is 0 Å². The van der Waals surface area contributed by atoms with Crippen molar-refractivity contribution in [2.75, 3.05) is 0 Å². The van der Waals surface area contributed by atoms with E-state index in [2.05, 4.69) is 38.4 Å². The van der Waals surface area contributed by atoms with E-state index < -0.39 is 14.2 Å². The zero-order chi connectivity index (χ0) is 11.0. The molecule has 0 aromatic carbocycles. The van der Waals surface area contributed by atoms with Crippen molar-refractivity contribution in [3.63, 3.8) is 0 Å². The van der Waals surface area contributed by atoms with Crippen molar-refractivity contribution in [3.8, 4) is 11.8 Å². The highest BCUT2D eigenvalue weighted by Gasteiger charge is 2.10. The van der Waals surface area contributed by atoms with E-state index in [9.17, 15) is 5.11 Å². The highest BCUT2D eigenvalue weighted by atomic mass is 28.3. The summed E-state index contributed by atoms with van der Waals surface area (Å²) in [6, 6.07) is 0.998. The molecule has 0 aromatic heterocycles. The fraction of sp³-hybridized carbons (Fsp3) is 0.833. The van der Waals surface area contributed by atoms with Crippen LogP contribution in [0, 0.1) is 11.8 Å². The first-order valence-corrected chi connectivity index (χ1v) is 9.33. The van der Waals surface area contributed by atoms with Gasteiger partial charge in [-0.1, -0.05) is 45.3 Å². The molecule has 2 heteroatoms. The van der Waals surface area contributed by atoms with Gasteiger partial charge in [0.1, 0.15) is 6.10 Å². The first kappa shape index (κ1) is 13.7. The Kier molecular flexibility index (Phi) is 6.95. The van der Waals surface area contributed by atoms with Crippen molar-refractivity contribution < 1.29 is 5.11 Å². The topological polar surface area (TPSA) is 20.2 Å². The Balaban J connectivity index is 3.64. The summed E-state index contributed by atoms with van der Waals surface area (Å²) in [5.41, 5.74) is 0. The lowest BCUT2D eigenvalue weighted by atomic mass is 10.1. The molecule has 0 spiro atoms. The third kappa shape index (κ3) is 9.82. The van der Waals surface area contributed by atoms with Crippen molar-refractivity contribution in [1.29, 1.82) is 0 Å². The molecule has 1 atom stereocenters. The Hall–Kier alpha value is -0.263. The van der Waals surface area contributed by atoms with Gasteiger partial charge in [-0.05, 0) is 12.8 Å². The number of hydrogen-bond donors (Lipinski definition) is 1. The zero-order valence-corrected chi connectivity index (χ0v) is 11.1. The second-order valence-electron chi connectivity index (χ2n) is 5.07. The lowest BCUT2D eigenvalue weighted by molar-refractivity contribution is 0.217. The molecular weight excluding hydrogens is 188 g/mol. The Labute approximate surface area is 89.9 Å². The molecule has 0 heterocycles. The van der Waals surface area contributed by atoms with Gasteiger partial charge in [0.25, 0.3) is 0 Å². The first-order chi connectivity index (χ1) is 6.45. The van der Waals surface area contributed by atoms with E-state index in [1.165, 1.54) is 12.8 Å². The third-order valence-electron chi connectivity index (χ3n) is 1.97. The minimum atomic E-state index is -1.05. The zero-order valence-electron chi connectivity index (χ0n) is 10.1. The van der Waals surface area contributed by atoms with Crippen LogP contribution in [0.15, 0.2) is 0 Å². The largest absolute Gasteiger partial charge is 0.380 e. The molecule has 0 saturated heterocycles. The lowest BCUT2D eigenvalue weighted by Gasteiger charge is -2.10. The second kappa shape index (κ2) is 7.08. The Morgan fingerprint density at radius 1 is 1.21 bits per heavy atom. The number of rotatable bonds is 5. The van der Waals surface area contributed by atoms with Gasteiger partial charge in [0.2, 0.25) is 0 Å². The molecule has 0 fully saturated rings. The van der Waals surface area contributed by atoms with E-state index in [0.29, 0.717) is 0 Å². The highest BCUT2D eigenvalue weighted by Crippen LogP contribution is 2.06. The SMILES string of the molecule is CCCCCC(O)C#CC[Si](C)(C)C. The molecule has 0 bridgehead atoms. The summed E-state index contributed by atoms with van der Waals surface area (Å²) in [6.07, 6.45) is 3.95. The molecule has 82 valence electrons. The monoisotopic (exact) mass is 212 g/mol. The predicted molar refractivity (Wildman–Crippen MR) is 66.1 cm³/mol. The fourth-order valence-corrected chi connectivity index (χ4v) is 1.73. The van der Waals surface area contributed by atoms with Crippen LogP contribution in [0.3, 0.4) is 0 Å². The predicted octanol–water partition coefficient (Wildman–Crippen LogP) is 3.27. The average Bonchev–Trinajstić information content (AvgIpc) is 2.02. The molecule has 1 N–H and O–H groups in total. The lowest BCUT2D eigenvalue weighted by Crippen LogP contribution is -2.17. The van der Waals surface area contributed by atoms with E-state index in [4.69, 9.17) is 0 Å². The third-order valence-corrected chi connectivity index (χ3v) is 3.21. The number of aliphatic hydroxyl groups excluding tert-OH is 1. The maximum Gasteiger partial charge on any atom is 0.114 e. The summed E-state index contributed by atoms with van der Waals surface area (Å²) in [4.78, 5) is 0. The maximum atomic E-state index is 9.51. The van der Waals surface area contributed by atoms with Crippen molar-refractivity contribution in [2.24, 2.45) is 0 Å². The van der Waals surface area contributed by atoms with Crippen molar-refractivity contribution in [2.45, 2.75) is 64.4 Å². The summed E-state index contributed by atoms with van der Waals surface area (Å²) in [5.74, 6) is 6.05. The number of hydrogen-bond acceptors (Lipinski definition) is 1. The van der Waals surface area contributed by atoms with Gasteiger partial charge in [-0.15, -0.1) is 5.92 Å². The molecule has 0 saturated carbocycles. The van der Waals surface area contributed by atoms with Crippen LogP contribution in [0.2, 0.25) is 25.7 Å². The van der Waals surface area contributed by atoms with Gasteiger partial charge in [0.15, 0.2) is 0 Å². The number of aliphatic hydroxyl groups is 1. The van der Waals surface area contributed by atoms with Gasteiger partial charge >= 0.3 is 0 Å². The van der Waals surface area contributed by atoms with Crippen molar-refractivity contribution in [3.05, 3.63) is 0 Å². The van der Waals surface area contributed by atoms with Crippen LogP contribution in [0.4, 0.5) is 0 Å². The van der Waals surface area contributed by atoms with Crippen LogP contribution in [-0.2, 0) is 0 Å². The van der Waals surface area contributed by atoms with Gasteiger partial charge in [-0.2, -0.15) is 0 Å². The van der Waals surface area contributed by atoms with Gasteiger partial charge in [0, 0.05) is 6.04 Å². The molecule has 0 amide bonds. The van der Waals surface area contributed by atoms with Gasteiger partial charge in [-0.3, -0.25) is 0 Å². The molecule has 0 aliphatic rings. The summed E-state index contributed by atoms with van der Waals surface area (Å²) in [5, 5.41) is 9.51. The van der Waals surface area contributed by atoms with Gasteiger partial charge in [0.05, 0.1) is 8.07 Å². The first-order valence-electron chi connectivity index (χ1n) is 5.62. The molecule has 0 aliphatic carbocycles. The van der Waals surface area contributed by atoms with Crippen LogP contribution in [0.1, 0.15) is 32.6 Å². The molecule has 14 heavy (non-hydrogen) atoms. The van der Waals surface area contributed by atoms with Crippen LogP contribution in [-0.4, -0.2) is 19.3 Å². The summed E-state index contributed by atoms with van der Waals surface area (Å²) >= 11 is 0. The number of unbranched alkanes of at least 4 members (excludes halogenated alkanes) is 2. The Morgan fingerprint density at radius 3 is 2.36 bits per heavy atom. The van der Waals surface area contributed by atoms with E-state index in [-0.39, 0.29) is 0 Å². The minimum absolute atomic E-state index is 0.391. The quantitative estimate of drug-likeness (QED) is 0.421. The molecule has 1 nitrogen and oxygen atoms in total. The van der Waals surface area contributed by atoms with E-state index in [0.717, 1.165) is 18.9 Å². The van der Waals surface area contributed by atoms with Crippen LogP contribution < -0.4 is 0 Å². The highest BCUT2D eigenvalue weighted by molar-refractivity contribution is 6.76. The molecule has 0 aromatic rings. The Morgan fingerprint density at radius 2 is 1.86 bits per heavy atom. The van der Waals surface area contributed by atoms with Gasteiger partial charge < -0.3 is 5.11 Å². The van der Waals surface area contributed by atoms with E-state index in [1.54, 1.807) is 0 Å². The second-order valence-corrected chi connectivity index (χ2v) is 10.5. The Bertz CT molecular complexity index is 195. The van der Waals surface area contributed by atoms with Crippen molar-refractivity contribution in [1.82, 2.24) is 0 Å². The molecule has 0 radical (unpaired) electrons. The molecular formula is C12H24OSi. The normalized spacial score (nSPS) is 13.2. The van der Waals surface area contributed by atoms with Gasteiger partial charge in [-0.25, -0.2) is 0 Å². The molecule has 0 aliphatic heterocycles.